The highest BCUT2D eigenvalue weighted by molar-refractivity contribution is 7.89. The Balaban J connectivity index is 1.59. The highest BCUT2D eigenvalue weighted by Crippen LogP contribution is 2.32. The van der Waals surface area contributed by atoms with Gasteiger partial charge in [0.05, 0.1) is 12.3 Å². The summed E-state index contributed by atoms with van der Waals surface area (Å²) in [6.45, 7) is 6.17. The molecule has 0 aromatic heterocycles. The highest BCUT2D eigenvalue weighted by Gasteiger charge is 2.31. The van der Waals surface area contributed by atoms with E-state index in [1.54, 1.807) is 16.4 Å². The van der Waals surface area contributed by atoms with Gasteiger partial charge in [-0.1, -0.05) is 30.7 Å². The third kappa shape index (κ3) is 6.23. The minimum absolute atomic E-state index is 0.255. The Hall–Kier alpha value is -2.42. The van der Waals surface area contributed by atoms with Crippen LogP contribution in [0.25, 0.3) is 0 Å². The van der Waals surface area contributed by atoms with Gasteiger partial charge in [-0.25, -0.2) is 8.42 Å². The van der Waals surface area contributed by atoms with E-state index in [0.29, 0.717) is 44.1 Å². The summed E-state index contributed by atoms with van der Waals surface area (Å²) in [7, 11) is -3.69. The van der Waals surface area contributed by atoms with Crippen LogP contribution >= 0.6 is 0 Å². The first-order valence-electron chi connectivity index (χ1n) is 12.8. The topological polar surface area (TPSA) is 79.0 Å². The summed E-state index contributed by atoms with van der Waals surface area (Å²) in [6.07, 6.45) is 6.06. The van der Waals surface area contributed by atoms with E-state index in [2.05, 4.69) is 10.2 Å². The van der Waals surface area contributed by atoms with Crippen molar-refractivity contribution in [3.05, 3.63) is 59.2 Å². The highest BCUT2D eigenvalue weighted by atomic mass is 32.2. The molecule has 2 heterocycles. The van der Waals surface area contributed by atoms with E-state index in [4.69, 9.17) is 4.74 Å². The van der Waals surface area contributed by atoms with Crippen LogP contribution in [0, 0.1) is 0 Å². The molecule has 2 aromatic rings. The van der Waals surface area contributed by atoms with Crippen molar-refractivity contribution in [1.29, 1.82) is 0 Å². The molecule has 2 aliphatic rings. The van der Waals surface area contributed by atoms with Gasteiger partial charge in [-0.3, -0.25) is 4.79 Å². The zero-order valence-corrected chi connectivity index (χ0v) is 21.5. The number of rotatable bonds is 9. The van der Waals surface area contributed by atoms with Crippen LogP contribution < -0.4 is 10.2 Å². The van der Waals surface area contributed by atoms with Gasteiger partial charge in [-0.15, -0.1) is 0 Å². The van der Waals surface area contributed by atoms with Gasteiger partial charge in [-0.05, 0) is 68.4 Å². The summed E-state index contributed by atoms with van der Waals surface area (Å²) < 4.78 is 34.5. The molecule has 7 nitrogen and oxygen atoms in total. The van der Waals surface area contributed by atoms with Crippen molar-refractivity contribution >= 4 is 21.6 Å². The van der Waals surface area contributed by atoms with E-state index in [-0.39, 0.29) is 10.8 Å². The predicted molar refractivity (Wildman–Crippen MR) is 138 cm³/mol. The molecule has 8 heteroatoms. The molecule has 2 aromatic carbocycles. The Labute approximate surface area is 209 Å². The first-order valence-corrected chi connectivity index (χ1v) is 14.3. The van der Waals surface area contributed by atoms with Crippen LogP contribution in [0.5, 0.6) is 0 Å². The molecule has 4 rings (SSSR count). The Bertz CT molecular complexity index is 1110. The van der Waals surface area contributed by atoms with Crippen molar-refractivity contribution in [2.24, 2.45) is 0 Å². The van der Waals surface area contributed by atoms with Gasteiger partial charge in [0, 0.05) is 44.9 Å². The molecular formula is C27H37N3O4S. The molecule has 0 saturated carbocycles. The van der Waals surface area contributed by atoms with Crippen molar-refractivity contribution in [2.45, 2.75) is 63.5 Å². The lowest BCUT2D eigenvalue weighted by atomic mass is 10.1. The molecule has 0 radical (unpaired) electrons. The molecule has 0 unspecified atom stereocenters. The standard InChI is InChI=1S/C27H37N3O4S/c1-2-34-21-24-12-6-5-11-23(24)20-28-27(31)22-13-14-25(29-15-7-3-8-16-29)26(19-22)35(32,33)30-17-9-4-10-18-30/h5-6,11-14,19H,2-4,7-10,15-18,20-21H2,1H3,(H,28,31). The Kier molecular flexibility index (Phi) is 8.81. The summed E-state index contributed by atoms with van der Waals surface area (Å²) >= 11 is 0. The van der Waals surface area contributed by atoms with Crippen LogP contribution in [0.3, 0.4) is 0 Å². The number of amides is 1. The smallest absolute Gasteiger partial charge is 0.251 e. The van der Waals surface area contributed by atoms with Gasteiger partial charge in [0.15, 0.2) is 0 Å². The van der Waals surface area contributed by atoms with E-state index in [1.807, 2.05) is 37.3 Å². The van der Waals surface area contributed by atoms with Gasteiger partial charge < -0.3 is 15.0 Å². The second-order valence-corrected chi connectivity index (χ2v) is 11.2. The van der Waals surface area contributed by atoms with Gasteiger partial charge in [0.1, 0.15) is 4.90 Å². The lowest BCUT2D eigenvalue weighted by molar-refractivity contribution is 0.0949. The average molecular weight is 500 g/mol. The maximum Gasteiger partial charge on any atom is 0.251 e. The minimum Gasteiger partial charge on any atom is -0.377 e. The molecule has 1 amide bonds. The molecule has 0 spiro atoms. The summed E-state index contributed by atoms with van der Waals surface area (Å²) in [6, 6.07) is 13.0. The lowest BCUT2D eigenvalue weighted by Crippen LogP contribution is -2.38. The van der Waals surface area contributed by atoms with E-state index < -0.39 is 10.0 Å². The molecule has 2 saturated heterocycles. The molecule has 35 heavy (non-hydrogen) atoms. The van der Waals surface area contributed by atoms with Crippen molar-refractivity contribution in [2.75, 3.05) is 37.7 Å². The van der Waals surface area contributed by atoms with Crippen molar-refractivity contribution in [3.63, 3.8) is 0 Å². The van der Waals surface area contributed by atoms with E-state index in [9.17, 15) is 13.2 Å². The Morgan fingerprint density at radius 2 is 1.57 bits per heavy atom. The third-order valence-corrected chi connectivity index (χ3v) is 8.80. The molecule has 0 aliphatic carbocycles. The maximum absolute atomic E-state index is 13.7. The van der Waals surface area contributed by atoms with Crippen LogP contribution in [0.15, 0.2) is 47.4 Å². The fraction of sp³-hybridized carbons (Fsp3) is 0.519. The van der Waals surface area contributed by atoms with Crippen LogP contribution in [-0.4, -0.2) is 51.4 Å². The normalized spacial score (nSPS) is 17.3. The van der Waals surface area contributed by atoms with Crippen molar-refractivity contribution in [1.82, 2.24) is 9.62 Å². The summed E-state index contributed by atoms with van der Waals surface area (Å²) in [5, 5.41) is 2.97. The quantitative estimate of drug-likeness (QED) is 0.556. The number of carbonyl (C=O) groups excluding carboxylic acids is 1. The molecule has 190 valence electrons. The SMILES string of the molecule is CCOCc1ccccc1CNC(=O)c1ccc(N2CCCCC2)c(S(=O)(=O)N2CCCCC2)c1. The zero-order valence-electron chi connectivity index (χ0n) is 20.7. The van der Waals surface area contributed by atoms with Crippen LogP contribution in [-0.2, 0) is 27.9 Å². The average Bonchev–Trinajstić information content (AvgIpc) is 2.91. The van der Waals surface area contributed by atoms with E-state index in [1.165, 1.54) is 0 Å². The molecular weight excluding hydrogens is 462 g/mol. The van der Waals surface area contributed by atoms with E-state index in [0.717, 1.165) is 62.7 Å². The number of carbonyl (C=O) groups is 1. The van der Waals surface area contributed by atoms with Crippen molar-refractivity contribution < 1.29 is 17.9 Å². The molecule has 0 bridgehead atoms. The van der Waals surface area contributed by atoms with Gasteiger partial charge in [0.25, 0.3) is 5.91 Å². The summed E-state index contributed by atoms with van der Waals surface area (Å²) in [5.41, 5.74) is 3.10. The summed E-state index contributed by atoms with van der Waals surface area (Å²) in [5.74, 6) is -0.281. The zero-order chi connectivity index (χ0) is 24.7. The fourth-order valence-electron chi connectivity index (χ4n) is 4.86. The van der Waals surface area contributed by atoms with Gasteiger partial charge in [0.2, 0.25) is 10.0 Å². The van der Waals surface area contributed by atoms with E-state index >= 15 is 0 Å². The van der Waals surface area contributed by atoms with Crippen LogP contribution in [0.2, 0.25) is 0 Å². The second kappa shape index (κ2) is 12.0. The number of hydrogen-bond donors (Lipinski definition) is 1. The number of nitrogens with one attached hydrogen (secondary N) is 1. The first-order chi connectivity index (χ1) is 17.0. The molecule has 1 N–H and O–H groups in total. The number of piperidine rings is 2. The van der Waals surface area contributed by atoms with Gasteiger partial charge >= 0.3 is 0 Å². The monoisotopic (exact) mass is 499 g/mol. The Morgan fingerprint density at radius 1 is 0.914 bits per heavy atom. The molecule has 2 aliphatic heterocycles. The molecule has 0 atom stereocenters. The summed E-state index contributed by atoms with van der Waals surface area (Å²) in [4.78, 5) is 15.5. The van der Waals surface area contributed by atoms with Gasteiger partial charge in [-0.2, -0.15) is 4.31 Å². The first kappa shape index (κ1) is 25.7. The number of benzene rings is 2. The van der Waals surface area contributed by atoms with Crippen LogP contribution in [0.4, 0.5) is 5.69 Å². The number of anilines is 1. The largest absolute Gasteiger partial charge is 0.377 e. The number of ether oxygens (including phenoxy) is 1. The van der Waals surface area contributed by atoms with Crippen molar-refractivity contribution in [3.8, 4) is 0 Å². The van der Waals surface area contributed by atoms with Crippen LogP contribution in [0.1, 0.15) is 66.9 Å². The second-order valence-electron chi connectivity index (χ2n) is 9.28. The number of hydrogen-bond acceptors (Lipinski definition) is 5. The minimum atomic E-state index is -3.69. The molecule has 2 fully saturated rings. The number of nitrogens with zero attached hydrogens (tertiary/aromatic N) is 2. The number of sulfonamides is 1. The fourth-order valence-corrected chi connectivity index (χ4v) is 6.62. The Morgan fingerprint density at radius 3 is 2.26 bits per heavy atom. The third-order valence-electron chi connectivity index (χ3n) is 6.87. The maximum atomic E-state index is 13.7. The lowest BCUT2D eigenvalue weighted by Gasteiger charge is -2.33. The predicted octanol–water partition coefficient (Wildman–Crippen LogP) is 4.32.